The molecule has 0 bridgehead atoms. The number of carboxylic acid groups (broad SMARTS) is 1. The Morgan fingerprint density at radius 3 is 1.67 bits per heavy atom. The Balaban J connectivity index is -0.0000000800. The van der Waals surface area contributed by atoms with E-state index in [2.05, 4.69) is 13.2 Å². The first-order chi connectivity index (χ1) is 3.68. The molecule has 0 rings (SSSR count). The number of hydrogen-bond donors (Lipinski definition) is 2. The summed E-state index contributed by atoms with van der Waals surface area (Å²) in [6.07, 6.45) is 2.58. The molecule has 3 heteroatoms. The summed E-state index contributed by atoms with van der Waals surface area (Å²) in [6.45, 7) is 8.21. The summed E-state index contributed by atoms with van der Waals surface area (Å²) < 4.78 is 0. The highest BCUT2D eigenvalue weighted by Crippen LogP contribution is 1.54. The fraction of sp³-hybridized carbons (Fsp3) is 0.167. The number of carboxylic acids is 1. The minimum Gasteiger partial charge on any atom is -0.478 e. The van der Waals surface area contributed by atoms with Crippen molar-refractivity contribution in [2.45, 2.75) is 6.92 Å². The molecule has 3 nitrogen and oxygen atoms in total. The first-order valence-corrected chi connectivity index (χ1v) is 2.11. The lowest BCUT2D eigenvalue weighted by atomic mass is 10.7. The fourth-order valence-electron chi connectivity index (χ4n) is 0. The van der Waals surface area contributed by atoms with Gasteiger partial charge in [-0.05, 0) is 6.92 Å². The topological polar surface area (TPSA) is 72.3 Å². The zero-order valence-corrected chi connectivity index (χ0v) is 5.63. The first-order valence-electron chi connectivity index (χ1n) is 2.11. The maximum absolute atomic E-state index is 9.25. The molecule has 0 fully saturated rings. The van der Waals surface area contributed by atoms with Gasteiger partial charge in [-0.1, -0.05) is 12.7 Å². The summed E-state index contributed by atoms with van der Waals surface area (Å²) in [6, 6.07) is 0. The van der Waals surface area contributed by atoms with Crippen LogP contribution in [0.4, 0.5) is 0 Å². The SMILES string of the molecule is C=CC.C=CC(=O)O.N. The largest absolute Gasteiger partial charge is 0.478 e. The molecular formula is C6H13NO2. The zero-order chi connectivity index (χ0) is 6.99. The molecule has 0 aliphatic heterocycles. The van der Waals surface area contributed by atoms with E-state index in [1.165, 1.54) is 0 Å². The van der Waals surface area contributed by atoms with E-state index in [0.29, 0.717) is 0 Å². The second-order valence-corrected chi connectivity index (χ2v) is 0.951. The Hall–Kier alpha value is -1.09. The second-order valence-electron chi connectivity index (χ2n) is 0.951. The number of aliphatic carboxylic acids is 1. The third-order valence-corrected chi connectivity index (χ3v) is 0.175. The average molecular weight is 131 g/mol. The number of rotatable bonds is 1. The maximum Gasteiger partial charge on any atom is 0.327 e. The van der Waals surface area contributed by atoms with E-state index in [9.17, 15) is 4.79 Å². The number of hydrogen-bond acceptors (Lipinski definition) is 2. The van der Waals surface area contributed by atoms with Crippen LogP contribution in [-0.4, -0.2) is 11.1 Å². The van der Waals surface area contributed by atoms with Crippen LogP contribution in [-0.2, 0) is 4.79 Å². The monoisotopic (exact) mass is 131 g/mol. The molecule has 0 aromatic heterocycles. The van der Waals surface area contributed by atoms with Gasteiger partial charge >= 0.3 is 5.97 Å². The summed E-state index contributed by atoms with van der Waals surface area (Å²) in [5.74, 6) is -0.981. The third-order valence-electron chi connectivity index (χ3n) is 0.175. The van der Waals surface area contributed by atoms with Crippen molar-refractivity contribution >= 4 is 5.97 Å². The van der Waals surface area contributed by atoms with Crippen molar-refractivity contribution in [3.63, 3.8) is 0 Å². The van der Waals surface area contributed by atoms with Gasteiger partial charge in [-0.3, -0.25) is 0 Å². The lowest BCUT2D eigenvalue weighted by Gasteiger charge is -1.64. The van der Waals surface area contributed by atoms with Crippen molar-refractivity contribution in [2.75, 3.05) is 0 Å². The molecule has 0 amide bonds. The first kappa shape index (κ1) is 15.7. The van der Waals surface area contributed by atoms with Crippen LogP contribution < -0.4 is 6.15 Å². The highest BCUT2D eigenvalue weighted by molar-refractivity contribution is 5.78. The van der Waals surface area contributed by atoms with Crippen LogP contribution in [0.15, 0.2) is 25.3 Å². The van der Waals surface area contributed by atoms with Crippen molar-refractivity contribution < 1.29 is 9.90 Å². The molecule has 0 atom stereocenters. The lowest BCUT2D eigenvalue weighted by molar-refractivity contribution is -0.131. The molecule has 0 aliphatic carbocycles. The van der Waals surface area contributed by atoms with Crippen molar-refractivity contribution in [1.82, 2.24) is 6.15 Å². The van der Waals surface area contributed by atoms with Gasteiger partial charge in [0.15, 0.2) is 0 Å². The molecule has 0 aromatic carbocycles. The van der Waals surface area contributed by atoms with Crippen LogP contribution in [0.2, 0.25) is 0 Å². The Labute approximate surface area is 55.3 Å². The van der Waals surface area contributed by atoms with E-state index < -0.39 is 5.97 Å². The van der Waals surface area contributed by atoms with Crippen molar-refractivity contribution in [2.24, 2.45) is 0 Å². The molecule has 9 heavy (non-hydrogen) atoms. The molecule has 0 aromatic rings. The van der Waals surface area contributed by atoms with Gasteiger partial charge in [-0.2, -0.15) is 0 Å². The van der Waals surface area contributed by atoms with Gasteiger partial charge in [0.2, 0.25) is 0 Å². The van der Waals surface area contributed by atoms with E-state index in [4.69, 9.17) is 5.11 Å². The predicted molar refractivity (Wildman–Crippen MR) is 38.7 cm³/mol. The third kappa shape index (κ3) is 201. The molecule has 0 spiro atoms. The van der Waals surface area contributed by atoms with Crippen LogP contribution >= 0.6 is 0 Å². The van der Waals surface area contributed by atoms with Crippen molar-refractivity contribution in [3.8, 4) is 0 Å². The maximum atomic E-state index is 9.25. The zero-order valence-electron chi connectivity index (χ0n) is 5.63. The molecule has 54 valence electrons. The fourth-order valence-corrected chi connectivity index (χ4v) is 0. The Morgan fingerprint density at radius 1 is 1.56 bits per heavy atom. The van der Waals surface area contributed by atoms with E-state index in [1.807, 2.05) is 6.92 Å². The van der Waals surface area contributed by atoms with E-state index in [0.717, 1.165) is 6.08 Å². The van der Waals surface area contributed by atoms with Crippen LogP contribution in [0, 0.1) is 0 Å². The normalized spacial score (nSPS) is 5.00. The molecule has 0 saturated heterocycles. The molecule has 4 N–H and O–H groups in total. The van der Waals surface area contributed by atoms with Crippen LogP contribution in [0.5, 0.6) is 0 Å². The molecule has 0 aliphatic rings. The molecule has 0 heterocycles. The van der Waals surface area contributed by atoms with Crippen LogP contribution in [0.1, 0.15) is 6.92 Å². The van der Waals surface area contributed by atoms with Gasteiger partial charge in [0.25, 0.3) is 0 Å². The number of carbonyl (C=O) groups is 1. The average Bonchev–Trinajstić information content (AvgIpc) is 1.69. The smallest absolute Gasteiger partial charge is 0.327 e. The van der Waals surface area contributed by atoms with E-state index in [1.54, 1.807) is 6.08 Å². The standard InChI is InChI=1S/C3H4O2.C3H6.H3N/c1-2-3(4)5;1-3-2;/h2H,1H2,(H,4,5);3H,1H2,2H3;1H3. The van der Waals surface area contributed by atoms with Gasteiger partial charge in [-0.15, -0.1) is 6.58 Å². The Bertz CT molecular complexity index is 89.1. The predicted octanol–water partition coefficient (Wildman–Crippen LogP) is 1.61. The van der Waals surface area contributed by atoms with Gasteiger partial charge in [0, 0.05) is 6.08 Å². The number of allylic oxidation sites excluding steroid dienone is 1. The molecular weight excluding hydrogens is 118 g/mol. The van der Waals surface area contributed by atoms with Gasteiger partial charge in [0.05, 0.1) is 0 Å². The summed E-state index contributed by atoms with van der Waals surface area (Å²) in [7, 11) is 0. The summed E-state index contributed by atoms with van der Waals surface area (Å²) in [5, 5.41) is 7.60. The van der Waals surface area contributed by atoms with E-state index in [-0.39, 0.29) is 6.15 Å². The van der Waals surface area contributed by atoms with Crippen LogP contribution in [0.25, 0.3) is 0 Å². The van der Waals surface area contributed by atoms with Crippen LogP contribution in [0.3, 0.4) is 0 Å². The van der Waals surface area contributed by atoms with Crippen molar-refractivity contribution in [1.29, 1.82) is 0 Å². The lowest BCUT2D eigenvalue weighted by Crippen LogP contribution is -1.82. The minimum absolute atomic E-state index is 0. The summed E-state index contributed by atoms with van der Waals surface area (Å²) in [5.41, 5.74) is 0. The molecule has 0 radical (unpaired) electrons. The Morgan fingerprint density at radius 2 is 1.67 bits per heavy atom. The minimum atomic E-state index is -0.981. The van der Waals surface area contributed by atoms with Gasteiger partial charge in [0.1, 0.15) is 0 Å². The quantitative estimate of drug-likeness (QED) is 0.419. The van der Waals surface area contributed by atoms with Gasteiger partial charge in [-0.25, -0.2) is 4.79 Å². The second kappa shape index (κ2) is 15.8. The van der Waals surface area contributed by atoms with Crippen molar-refractivity contribution in [3.05, 3.63) is 25.3 Å². The highest BCUT2D eigenvalue weighted by Gasteiger charge is 1.73. The molecule has 0 unspecified atom stereocenters. The summed E-state index contributed by atoms with van der Waals surface area (Å²) in [4.78, 5) is 9.25. The highest BCUT2D eigenvalue weighted by atomic mass is 16.4. The Kier molecular flexibility index (Phi) is 27.5. The van der Waals surface area contributed by atoms with E-state index >= 15 is 0 Å². The summed E-state index contributed by atoms with van der Waals surface area (Å²) >= 11 is 0. The molecule has 0 saturated carbocycles. The van der Waals surface area contributed by atoms with Gasteiger partial charge < -0.3 is 11.3 Å².